The first-order valence-electron chi connectivity index (χ1n) is 5.37. The summed E-state index contributed by atoms with van der Waals surface area (Å²) in [5, 5.41) is 0. The molecule has 15 heavy (non-hydrogen) atoms. The van der Waals surface area contributed by atoms with E-state index < -0.39 is 12.1 Å². The molecule has 0 heterocycles. The van der Waals surface area contributed by atoms with E-state index in [1.807, 2.05) is 13.8 Å². The van der Waals surface area contributed by atoms with E-state index in [0.29, 0.717) is 13.0 Å². The highest BCUT2D eigenvalue weighted by atomic mass is 16.6. The van der Waals surface area contributed by atoms with Crippen LogP contribution in [0.15, 0.2) is 0 Å². The fourth-order valence-electron chi connectivity index (χ4n) is 0.882. The first-order valence-corrected chi connectivity index (χ1v) is 5.37. The monoisotopic (exact) mass is 216 g/mol. The molecule has 0 aliphatic rings. The molecule has 1 atom stereocenters. The normalized spacial score (nSPS) is 12.3. The maximum Gasteiger partial charge on any atom is 0.347 e. The predicted molar refractivity (Wildman–Crippen MR) is 56.3 cm³/mol. The van der Waals surface area contributed by atoms with Crippen LogP contribution in [0.1, 0.15) is 40.5 Å². The lowest BCUT2D eigenvalue weighted by atomic mass is 10.2. The SMILES string of the molecule is CCC(=O)O[C@@H](CC)C(=O)OCC(C)C. The molecule has 0 aromatic rings. The van der Waals surface area contributed by atoms with Gasteiger partial charge in [0.25, 0.3) is 0 Å². The lowest BCUT2D eigenvalue weighted by molar-refractivity contribution is -0.168. The Labute approximate surface area is 90.9 Å². The molecule has 0 bridgehead atoms. The molecule has 4 nitrogen and oxygen atoms in total. The third-order valence-electron chi connectivity index (χ3n) is 1.75. The molecule has 0 unspecified atom stereocenters. The van der Waals surface area contributed by atoms with Crippen LogP contribution < -0.4 is 0 Å². The summed E-state index contributed by atoms with van der Waals surface area (Å²) in [6.07, 6.45) is -0.0346. The number of hydrogen-bond donors (Lipinski definition) is 0. The van der Waals surface area contributed by atoms with Gasteiger partial charge in [-0.1, -0.05) is 27.7 Å². The van der Waals surface area contributed by atoms with Gasteiger partial charge in [-0.15, -0.1) is 0 Å². The van der Waals surface area contributed by atoms with Crippen LogP contribution in [0.3, 0.4) is 0 Å². The molecule has 88 valence electrons. The van der Waals surface area contributed by atoms with Crippen molar-refractivity contribution in [2.24, 2.45) is 5.92 Å². The molecule has 0 N–H and O–H groups in total. The Morgan fingerprint density at radius 1 is 1.20 bits per heavy atom. The van der Waals surface area contributed by atoms with E-state index in [0.717, 1.165) is 0 Å². The third kappa shape index (κ3) is 6.10. The van der Waals surface area contributed by atoms with Crippen molar-refractivity contribution in [3.8, 4) is 0 Å². The van der Waals surface area contributed by atoms with Crippen molar-refractivity contribution in [3.63, 3.8) is 0 Å². The summed E-state index contributed by atoms with van der Waals surface area (Å²) in [5.74, 6) is -0.537. The Morgan fingerprint density at radius 3 is 2.20 bits per heavy atom. The van der Waals surface area contributed by atoms with Gasteiger partial charge in [0, 0.05) is 6.42 Å². The summed E-state index contributed by atoms with van der Waals surface area (Å²) in [7, 11) is 0. The molecular weight excluding hydrogens is 196 g/mol. The van der Waals surface area contributed by atoms with Crippen LogP contribution in [0, 0.1) is 5.92 Å². The van der Waals surface area contributed by atoms with Crippen molar-refractivity contribution in [2.75, 3.05) is 6.61 Å². The molecule has 0 spiro atoms. The molecule has 0 aromatic heterocycles. The number of carbonyl (C=O) groups is 2. The van der Waals surface area contributed by atoms with Gasteiger partial charge in [-0.2, -0.15) is 0 Å². The minimum Gasteiger partial charge on any atom is -0.463 e. The van der Waals surface area contributed by atoms with Gasteiger partial charge < -0.3 is 9.47 Å². The smallest absolute Gasteiger partial charge is 0.347 e. The summed E-state index contributed by atoms with van der Waals surface area (Å²) >= 11 is 0. The molecule has 0 aromatic carbocycles. The quantitative estimate of drug-likeness (QED) is 0.636. The molecule has 0 aliphatic carbocycles. The van der Waals surface area contributed by atoms with Gasteiger partial charge in [-0.05, 0) is 12.3 Å². The second kappa shape index (κ2) is 7.26. The molecule has 0 saturated carbocycles. The van der Waals surface area contributed by atoms with Crippen molar-refractivity contribution in [1.82, 2.24) is 0 Å². The molecule has 0 radical (unpaired) electrons. The summed E-state index contributed by atoms with van der Waals surface area (Å²) in [4.78, 5) is 22.4. The maximum absolute atomic E-state index is 11.4. The van der Waals surface area contributed by atoms with E-state index in [2.05, 4.69) is 0 Å². The lowest BCUT2D eigenvalue weighted by Gasteiger charge is -2.15. The van der Waals surface area contributed by atoms with Crippen LogP contribution in [0.25, 0.3) is 0 Å². The Hall–Kier alpha value is -1.06. The Bertz CT molecular complexity index is 211. The Morgan fingerprint density at radius 2 is 1.80 bits per heavy atom. The van der Waals surface area contributed by atoms with Gasteiger partial charge >= 0.3 is 11.9 Å². The number of hydrogen-bond acceptors (Lipinski definition) is 4. The number of carbonyl (C=O) groups excluding carboxylic acids is 2. The van der Waals surface area contributed by atoms with Gasteiger partial charge in [0.15, 0.2) is 6.10 Å². The minimum atomic E-state index is -0.754. The van der Waals surface area contributed by atoms with Crippen LogP contribution in [-0.4, -0.2) is 24.6 Å². The van der Waals surface area contributed by atoms with Crippen molar-refractivity contribution in [2.45, 2.75) is 46.6 Å². The summed E-state index contributed by atoms with van der Waals surface area (Å²) in [6, 6.07) is 0. The molecule has 0 rings (SSSR count). The molecule has 4 heteroatoms. The maximum atomic E-state index is 11.4. The van der Waals surface area contributed by atoms with E-state index in [-0.39, 0.29) is 18.3 Å². The standard InChI is InChI=1S/C11H20O4/c1-5-9(15-10(12)6-2)11(13)14-7-8(3)4/h8-9H,5-7H2,1-4H3/t9-/m0/s1. The van der Waals surface area contributed by atoms with Crippen molar-refractivity contribution in [1.29, 1.82) is 0 Å². The topological polar surface area (TPSA) is 52.6 Å². The number of esters is 2. The van der Waals surface area contributed by atoms with Crippen LogP contribution in [0.4, 0.5) is 0 Å². The summed E-state index contributed by atoms with van der Waals surface area (Å²) in [5.41, 5.74) is 0. The van der Waals surface area contributed by atoms with E-state index in [4.69, 9.17) is 9.47 Å². The average Bonchev–Trinajstić information content (AvgIpc) is 2.21. The number of ether oxygens (including phenoxy) is 2. The molecular formula is C11H20O4. The fourth-order valence-corrected chi connectivity index (χ4v) is 0.882. The lowest BCUT2D eigenvalue weighted by Crippen LogP contribution is -2.29. The van der Waals surface area contributed by atoms with Crippen LogP contribution >= 0.6 is 0 Å². The van der Waals surface area contributed by atoms with Crippen molar-refractivity contribution >= 4 is 11.9 Å². The fraction of sp³-hybridized carbons (Fsp3) is 0.818. The van der Waals surface area contributed by atoms with Gasteiger partial charge in [0.1, 0.15) is 0 Å². The Balaban J connectivity index is 4.04. The van der Waals surface area contributed by atoms with Gasteiger partial charge in [0.05, 0.1) is 6.61 Å². The molecule has 0 amide bonds. The highest BCUT2D eigenvalue weighted by Crippen LogP contribution is 2.04. The zero-order valence-electron chi connectivity index (χ0n) is 9.91. The zero-order valence-corrected chi connectivity index (χ0v) is 9.91. The van der Waals surface area contributed by atoms with E-state index >= 15 is 0 Å². The predicted octanol–water partition coefficient (Wildman–Crippen LogP) is 1.92. The average molecular weight is 216 g/mol. The molecule has 0 aliphatic heterocycles. The van der Waals surface area contributed by atoms with Gasteiger partial charge in [0.2, 0.25) is 0 Å². The Kier molecular flexibility index (Phi) is 6.75. The summed E-state index contributed by atoms with van der Waals surface area (Å²) < 4.78 is 9.92. The largest absolute Gasteiger partial charge is 0.463 e. The van der Waals surface area contributed by atoms with E-state index in [9.17, 15) is 9.59 Å². The third-order valence-corrected chi connectivity index (χ3v) is 1.75. The van der Waals surface area contributed by atoms with E-state index in [1.54, 1.807) is 13.8 Å². The van der Waals surface area contributed by atoms with Crippen LogP contribution in [-0.2, 0) is 19.1 Å². The van der Waals surface area contributed by atoms with Crippen molar-refractivity contribution < 1.29 is 19.1 Å². The minimum absolute atomic E-state index is 0.272. The van der Waals surface area contributed by atoms with Crippen LogP contribution in [0.2, 0.25) is 0 Å². The van der Waals surface area contributed by atoms with Crippen LogP contribution in [0.5, 0.6) is 0 Å². The second-order valence-electron chi connectivity index (χ2n) is 3.76. The second-order valence-corrected chi connectivity index (χ2v) is 3.76. The summed E-state index contributed by atoms with van der Waals surface area (Å²) in [6.45, 7) is 7.73. The molecule has 0 saturated heterocycles. The van der Waals surface area contributed by atoms with Gasteiger partial charge in [-0.25, -0.2) is 4.79 Å². The highest BCUT2D eigenvalue weighted by molar-refractivity contribution is 5.79. The first kappa shape index (κ1) is 13.9. The number of rotatable bonds is 6. The molecule has 0 fully saturated rings. The highest BCUT2D eigenvalue weighted by Gasteiger charge is 2.21. The first-order chi connectivity index (χ1) is 7.01. The zero-order chi connectivity index (χ0) is 11.8. The van der Waals surface area contributed by atoms with E-state index in [1.165, 1.54) is 0 Å². The van der Waals surface area contributed by atoms with Crippen molar-refractivity contribution in [3.05, 3.63) is 0 Å². The van der Waals surface area contributed by atoms with Gasteiger partial charge in [-0.3, -0.25) is 4.79 Å².